The van der Waals surface area contributed by atoms with Crippen molar-refractivity contribution < 1.29 is 23.0 Å². The van der Waals surface area contributed by atoms with E-state index in [2.05, 4.69) is 5.10 Å². The van der Waals surface area contributed by atoms with E-state index in [4.69, 9.17) is 32.7 Å². The molecule has 0 atom stereocenters. The lowest BCUT2D eigenvalue weighted by atomic mass is 10.1. The van der Waals surface area contributed by atoms with Crippen LogP contribution in [-0.4, -0.2) is 22.5 Å². The Morgan fingerprint density at radius 1 is 1.07 bits per heavy atom. The molecule has 0 N–H and O–H groups in total. The number of hydrogen-bond acceptors (Lipinski definition) is 4. The van der Waals surface area contributed by atoms with Crippen LogP contribution in [0.5, 0.6) is 5.88 Å². The Labute approximate surface area is 163 Å². The van der Waals surface area contributed by atoms with Crippen molar-refractivity contribution in [1.29, 1.82) is 0 Å². The molecule has 0 radical (unpaired) electrons. The lowest BCUT2D eigenvalue weighted by Crippen LogP contribution is -2.10. The average molecular weight is 413 g/mol. The molecule has 0 bridgehead atoms. The molecule has 5 nitrogen and oxygen atoms in total. The average Bonchev–Trinajstić information content (AvgIpc) is 3.03. The van der Waals surface area contributed by atoms with Gasteiger partial charge in [-0.25, -0.2) is 18.3 Å². The largest absolute Gasteiger partial charge is 0.515 e. The van der Waals surface area contributed by atoms with Crippen LogP contribution in [-0.2, 0) is 4.74 Å². The third kappa shape index (κ3) is 4.20. The van der Waals surface area contributed by atoms with Gasteiger partial charge in [0, 0.05) is 11.6 Å². The predicted molar refractivity (Wildman–Crippen MR) is 96.6 cm³/mol. The third-order valence-electron chi connectivity index (χ3n) is 3.50. The molecule has 0 fully saturated rings. The number of aromatic nitrogens is 2. The molecule has 0 unspecified atom stereocenters. The highest BCUT2D eigenvalue weighted by Gasteiger charge is 2.17. The molecular weight excluding hydrogens is 401 g/mol. The van der Waals surface area contributed by atoms with Crippen LogP contribution in [0.2, 0.25) is 10.0 Å². The number of hydrogen-bond donors (Lipinski definition) is 0. The van der Waals surface area contributed by atoms with Crippen LogP contribution >= 0.6 is 23.2 Å². The molecule has 0 aliphatic carbocycles. The highest BCUT2D eigenvalue weighted by Crippen LogP contribution is 2.31. The zero-order chi connectivity index (χ0) is 19.6. The molecule has 0 aliphatic rings. The van der Waals surface area contributed by atoms with E-state index in [0.717, 1.165) is 0 Å². The lowest BCUT2D eigenvalue weighted by molar-refractivity contribution is 0.102. The third-order valence-corrected chi connectivity index (χ3v) is 4.08. The summed E-state index contributed by atoms with van der Waals surface area (Å²) in [4.78, 5) is 11.6. The standard InChI is InChI=1S/C18H12Cl2F2N2O3/c1-2-26-18(25)27-17-9-16(10-3-5-14(21)12(19)7-10)24(23-17)11-4-6-15(22)13(20)8-11/h3-9H,2H2,1H3. The van der Waals surface area contributed by atoms with Crippen molar-refractivity contribution in [3.63, 3.8) is 0 Å². The number of benzene rings is 2. The fourth-order valence-corrected chi connectivity index (χ4v) is 2.67. The SMILES string of the molecule is CCOC(=O)Oc1cc(-c2ccc(F)c(Cl)c2)n(-c2ccc(F)c(Cl)c2)n1. The van der Waals surface area contributed by atoms with Gasteiger partial charge in [-0.2, -0.15) is 0 Å². The van der Waals surface area contributed by atoms with Gasteiger partial charge in [0.05, 0.1) is 28.0 Å². The number of halogens is 4. The van der Waals surface area contributed by atoms with E-state index in [0.29, 0.717) is 16.9 Å². The molecule has 0 saturated carbocycles. The van der Waals surface area contributed by atoms with E-state index in [9.17, 15) is 13.6 Å². The summed E-state index contributed by atoms with van der Waals surface area (Å²) < 4.78 is 38.1. The molecule has 0 aliphatic heterocycles. The van der Waals surface area contributed by atoms with Crippen molar-refractivity contribution >= 4 is 29.4 Å². The van der Waals surface area contributed by atoms with Gasteiger partial charge in [0.1, 0.15) is 11.6 Å². The highest BCUT2D eigenvalue weighted by molar-refractivity contribution is 6.31. The summed E-state index contributed by atoms with van der Waals surface area (Å²) in [5, 5.41) is 3.97. The van der Waals surface area contributed by atoms with Gasteiger partial charge in [0.15, 0.2) is 0 Å². The van der Waals surface area contributed by atoms with Crippen molar-refractivity contribution in [1.82, 2.24) is 9.78 Å². The summed E-state index contributed by atoms with van der Waals surface area (Å²) in [5.41, 5.74) is 1.31. The Hall–Kier alpha value is -2.64. The maximum absolute atomic E-state index is 13.5. The number of carbonyl (C=O) groups is 1. The molecule has 27 heavy (non-hydrogen) atoms. The Bertz CT molecular complexity index is 939. The maximum Gasteiger partial charge on any atom is 0.515 e. The van der Waals surface area contributed by atoms with Crippen LogP contribution in [0, 0.1) is 11.6 Å². The van der Waals surface area contributed by atoms with Crippen LogP contribution in [0.1, 0.15) is 6.92 Å². The molecule has 1 aromatic heterocycles. The van der Waals surface area contributed by atoms with Gasteiger partial charge in [0.2, 0.25) is 5.88 Å². The molecule has 0 amide bonds. The minimum atomic E-state index is -0.928. The Morgan fingerprint density at radius 2 is 1.74 bits per heavy atom. The van der Waals surface area contributed by atoms with Gasteiger partial charge in [0.25, 0.3) is 0 Å². The van der Waals surface area contributed by atoms with Gasteiger partial charge in [-0.05, 0) is 43.3 Å². The van der Waals surface area contributed by atoms with Crippen LogP contribution in [0.4, 0.5) is 13.6 Å². The van der Waals surface area contributed by atoms with Crippen molar-refractivity contribution in [2.75, 3.05) is 6.61 Å². The first-order chi connectivity index (χ1) is 12.9. The summed E-state index contributed by atoms with van der Waals surface area (Å²) in [5.74, 6) is -1.24. The second-order valence-electron chi connectivity index (χ2n) is 5.29. The smallest absolute Gasteiger partial charge is 0.434 e. The maximum atomic E-state index is 13.5. The summed E-state index contributed by atoms with van der Waals surface area (Å²) in [6.07, 6.45) is -0.928. The summed E-state index contributed by atoms with van der Waals surface area (Å²) in [6, 6.07) is 9.48. The monoisotopic (exact) mass is 412 g/mol. The first-order valence-electron chi connectivity index (χ1n) is 7.74. The van der Waals surface area contributed by atoms with Crippen LogP contribution in [0.3, 0.4) is 0 Å². The van der Waals surface area contributed by atoms with Crippen molar-refractivity contribution in [3.8, 4) is 22.8 Å². The zero-order valence-corrected chi connectivity index (χ0v) is 15.4. The van der Waals surface area contributed by atoms with Crippen LogP contribution in [0.25, 0.3) is 16.9 Å². The molecule has 140 valence electrons. The van der Waals surface area contributed by atoms with E-state index in [1.165, 1.54) is 47.1 Å². The highest BCUT2D eigenvalue weighted by atomic mass is 35.5. The normalized spacial score (nSPS) is 10.7. The van der Waals surface area contributed by atoms with E-state index in [1.54, 1.807) is 6.92 Å². The van der Waals surface area contributed by atoms with Gasteiger partial charge in [-0.1, -0.05) is 23.2 Å². The molecule has 1 heterocycles. The molecule has 9 heteroatoms. The lowest BCUT2D eigenvalue weighted by Gasteiger charge is -2.08. The van der Waals surface area contributed by atoms with Gasteiger partial charge >= 0.3 is 6.16 Å². The second-order valence-corrected chi connectivity index (χ2v) is 6.11. The molecule has 2 aromatic carbocycles. The van der Waals surface area contributed by atoms with Crippen molar-refractivity contribution in [2.24, 2.45) is 0 Å². The Morgan fingerprint density at radius 3 is 2.37 bits per heavy atom. The molecular formula is C18H12Cl2F2N2O3. The van der Waals surface area contributed by atoms with E-state index >= 15 is 0 Å². The summed E-state index contributed by atoms with van der Waals surface area (Å²) in [7, 11) is 0. The first-order valence-corrected chi connectivity index (χ1v) is 8.50. The minimum absolute atomic E-state index is 0.0654. The molecule has 0 saturated heterocycles. The van der Waals surface area contributed by atoms with Crippen molar-refractivity contribution in [3.05, 3.63) is 64.1 Å². The molecule has 0 spiro atoms. The number of rotatable bonds is 4. The summed E-state index contributed by atoms with van der Waals surface area (Å²) in [6.45, 7) is 1.76. The first kappa shape index (κ1) is 19.1. The number of nitrogens with zero attached hydrogens (tertiary/aromatic N) is 2. The minimum Gasteiger partial charge on any atom is -0.434 e. The van der Waals surface area contributed by atoms with Gasteiger partial charge in [-0.3, -0.25) is 0 Å². The van der Waals surface area contributed by atoms with E-state index in [1.807, 2.05) is 0 Å². The number of ether oxygens (including phenoxy) is 2. The Balaban J connectivity index is 2.11. The number of carbonyl (C=O) groups excluding carboxylic acids is 1. The topological polar surface area (TPSA) is 53.4 Å². The fourth-order valence-electron chi connectivity index (χ4n) is 2.32. The van der Waals surface area contributed by atoms with E-state index in [-0.39, 0.29) is 22.5 Å². The van der Waals surface area contributed by atoms with E-state index < -0.39 is 17.8 Å². The quantitative estimate of drug-likeness (QED) is 0.518. The zero-order valence-electron chi connectivity index (χ0n) is 13.9. The predicted octanol–water partition coefficient (Wildman–Crippen LogP) is 5.66. The second kappa shape index (κ2) is 7.94. The summed E-state index contributed by atoms with van der Waals surface area (Å²) >= 11 is 11.7. The molecule has 3 rings (SSSR count). The fraction of sp³-hybridized carbons (Fsp3) is 0.111. The van der Waals surface area contributed by atoms with Gasteiger partial charge in [-0.15, -0.1) is 5.10 Å². The van der Waals surface area contributed by atoms with Crippen LogP contribution in [0.15, 0.2) is 42.5 Å². The van der Waals surface area contributed by atoms with Crippen LogP contribution < -0.4 is 4.74 Å². The molecule has 3 aromatic rings. The Kier molecular flexibility index (Phi) is 5.62. The van der Waals surface area contributed by atoms with Gasteiger partial charge < -0.3 is 9.47 Å². The van der Waals surface area contributed by atoms with Crippen molar-refractivity contribution in [2.45, 2.75) is 6.92 Å².